The average molecular weight is 214 g/mol. The monoisotopic (exact) mass is 214 g/mol. The lowest BCUT2D eigenvalue weighted by Crippen LogP contribution is -2.44. The number of carbonyl (C=O) groups is 2. The van der Waals surface area contributed by atoms with Crippen molar-refractivity contribution in [1.82, 2.24) is 4.90 Å². The van der Waals surface area contributed by atoms with Crippen molar-refractivity contribution < 1.29 is 14.7 Å². The maximum atomic E-state index is 11.8. The van der Waals surface area contributed by atoms with Crippen LogP contribution in [0.4, 0.5) is 0 Å². The number of rotatable bonds is 4. The molecule has 15 heavy (non-hydrogen) atoms. The Labute approximate surface area is 89.2 Å². The van der Waals surface area contributed by atoms with Crippen molar-refractivity contribution in [1.29, 1.82) is 0 Å². The van der Waals surface area contributed by atoms with E-state index in [9.17, 15) is 9.59 Å². The van der Waals surface area contributed by atoms with Gasteiger partial charge in [-0.2, -0.15) is 0 Å². The summed E-state index contributed by atoms with van der Waals surface area (Å²) in [6, 6.07) is -0.848. The van der Waals surface area contributed by atoms with Gasteiger partial charge in [0.15, 0.2) is 5.78 Å². The highest BCUT2D eigenvalue weighted by atomic mass is 16.4. The zero-order valence-electron chi connectivity index (χ0n) is 8.98. The molecule has 0 saturated carbocycles. The lowest BCUT2D eigenvalue weighted by atomic mass is 9.89. The summed E-state index contributed by atoms with van der Waals surface area (Å²) in [5, 5.41) is 8.54. The highest BCUT2D eigenvalue weighted by molar-refractivity contribution is 5.89. The molecule has 5 nitrogen and oxygen atoms in total. The number of piperidine rings is 1. The Morgan fingerprint density at radius 2 is 2.27 bits per heavy atom. The van der Waals surface area contributed by atoms with Crippen LogP contribution in [0.3, 0.4) is 0 Å². The second-order valence-electron chi connectivity index (χ2n) is 4.21. The van der Waals surface area contributed by atoms with Gasteiger partial charge in [-0.1, -0.05) is 0 Å². The molecular formula is C10H18N2O3. The molecule has 3 N–H and O–H groups in total. The molecule has 0 bridgehead atoms. The number of likely N-dealkylation sites (tertiary alicyclic amines) is 1. The van der Waals surface area contributed by atoms with Gasteiger partial charge in [0.2, 0.25) is 0 Å². The second kappa shape index (κ2) is 5.23. The first-order chi connectivity index (χ1) is 7.00. The summed E-state index contributed by atoms with van der Waals surface area (Å²) < 4.78 is 0. The van der Waals surface area contributed by atoms with Gasteiger partial charge in [-0.3, -0.25) is 9.59 Å². The molecule has 1 aliphatic heterocycles. The lowest BCUT2D eigenvalue weighted by Gasteiger charge is -2.29. The summed E-state index contributed by atoms with van der Waals surface area (Å²) in [6.45, 7) is 1.70. The second-order valence-corrected chi connectivity index (χ2v) is 4.21. The molecule has 1 fully saturated rings. The summed E-state index contributed by atoms with van der Waals surface area (Å²) in [5.74, 6) is -1.21. The van der Waals surface area contributed by atoms with Gasteiger partial charge in [-0.15, -0.1) is 0 Å². The van der Waals surface area contributed by atoms with Gasteiger partial charge in [0.1, 0.15) is 0 Å². The number of Topliss-reactive ketones (excluding diaryl/α,β-unsaturated/α-hetero) is 1. The Balaban J connectivity index is 2.47. The molecule has 2 unspecified atom stereocenters. The minimum Gasteiger partial charge on any atom is -0.481 e. The van der Waals surface area contributed by atoms with E-state index in [-0.39, 0.29) is 18.1 Å². The number of hydrogen-bond donors (Lipinski definition) is 2. The molecule has 86 valence electrons. The lowest BCUT2D eigenvalue weighted by molar-refractivity contribution is -0.140. The van der Waals surface area contributed by atoms with Gasteiger partial charge >= 0.3 is 5.97 Å². The zero-order chi connectivity index (χ0) is 11.4. The molecule has 1 aliphatic rings. The summed E-state index contributed by atoms with van der Waals surface area (Å²) in [7, 11) is 1.96. The van der Waals surface area contributed by atoms with E-state index in [2.05, 4.69) is 4.90 Å². The van der Waals surface area contributed by atoms with Crippen molar-refractivity contribution in [2.45, 2.75) is 25.3 Å². The van der Waals surface area contributed by atoms with Gasteiger partial charge < -0.3 is 15.7 Å². The maximum absolute atomic E-state index is 11.8. The van der Waals surface area contributed by atoms with E-state index in [1.807, 2.05) is 7.05 Å². The molecule has 0 amide bonds. The first-order valence-electron chi connectivity index (χ1n) is 5.20. The van der Waals surface area contributed by atoms with Crippen molar-refractivity contribution in [2.24, 2.45) is 11.7 Å². The molecule has 1 saturated heterocycles. The molecule has 2 atom stereocenters. The van der Waals surface area contributed by atoms with Crippen LogP contribution in [-0.4, -0.2) is 47.9 Å². The normalized spacial score (nSPS) is 24.8. The number of carbonyl (C=O) groups excluding carboxylic acids is 1. The third kappa shape index (κ3) is 3.60. The molecule has 5 heteroatoms. The van der Waals surface area contributed by atoms with Crippen LogP contribution in [0, 0.1) is 5.92 Å². The van der Waals surface area contributed by atoms with Gasteiger partial charge in [0.05, 0.1) is 12.5 Å². The highest BCUT2D eigenvalue weighted by Gasteiger charge is 2.28. The van der Waals surface area contributed by atoms with Crippen LogP contribution >= 0.6 is 0 Å². The highest BCUT2D eigenvalue weighted by Crippen LogP contribution is 2.17. The Bertz CT molecular complexity index is 255. The van der Waals surface area contributed by atoms with Crippen molar-refractivity contribution >= 4 is 11.8 Å². The van der Waals surface area contributed by atoms with E-state index in [0.29, 0.717) is 6.54 Å². The minimum atomic E-state index is -1.01. The van der Waals surface area contributed by atoms with E-state index in [0.717, 1.165) is 19.4 Å². The molecule has 1 heterocycles. The Kier molecular flexibility index (Phi) is 4.23. The number of nitrogens with two attached hydrogens (primary N) is 1. The van der Waals surface area contributed by atoms with Gasteiger partial charge in [-0.05, 0) is 26.4 Å². The molecule has 1 rings (SSSR count). The predicted octanol–water partition coefficient (Wildman–Crippen LogP) is -0.301. The number of aliphatic carboxylic acids is 1. The summed E-state index contributed by atoms with van der Waals surface area (Å²) in [5.41, 5.74) is 5.55. The average Bonchev–Trinajstić information content (AvgIpc) is 2.15. The topological polar surface area (TPSA) is 83.6 Å². The predicted molar refractivity (Wildman–Crippen MR) is 55.5 cm³/mol. The Hall–Kier alpha value is -0.940. The molecular weight excluding hydrogens is 196 g/mol. The van der Waals surface area contributed by atoms with Gasteiger partial charge in [0.25, 0.3) is 0 Å². The molecule has 0 aliphatic carbocycles. The fourth-order valence-corrected chi connectivity index (χ4v) is 1.99. The third-order valence-electron chi connectivity index (χ3n) is 2.79. The fraction of sp³-hybridized carbons (Fsp3) is 0.800. The maximum Gasteiger partial charge on any atom is 0.305 e. The summed E-state index contributed by atoms with van der Waals surface area (Å²) in [4.78, 5) is 24.3. The zero-order valence-corrected chi connectivity index (χ0v) is 8.98. The van der Waals surface area contributed by atoms with E-state index in [1.54, 1.807) is 0 Å². The SMILES string of the molecule is CN1CCCC(C(=O)C(N)CC(=O)O)C1. The van der Waals surface area contributed by atoms with E-state index in [4.69, 9.17) is 10.8 Å². The van der Waals surface area contributed by atoms with Crippen molar-refractivity contribution in [3.05, 3.63) is 0 Å². The molecule has 0 radical (unpaired) electrons. The van der Waals surface area contributed by atoms with Crippen LogP contribution in [0.25, 0.3) is 0 Å². The van der Waals surface area contributed by atoms with Crippen LogP contribution in [-0.2, 0) is 9.59 Å². The van der Waals surface area contributed by atoms with E-state index >= 15 is 0 Å². The van der Waals surface area contributed by atoms with Crippen LogP contribution in [0.1, 0.15) is 19.3 Å². The molecule has 0 spiro atoms. The van der Waals surface area contributed by atoms with Crippen molar-refractivity contribution in [2.75, 3.05) is 20.1 Å². The standard InChI is InChI=1S/C10H18N2O3/c1-12-4-2-3-7(6-12)10(15)8(11)5-9(13)14/h7-8H,2-6,11H2,1H3,(H,13,14). The minimum absolute atomic E-state index is 0.0851. The summed E-state index contributed by atoms with van der Waals surface area (Å²) >= 11 is 0. The van der Waals surface area contributed by atoms with Crippen molar-refractivity contribution in [3.8, 4) is 0 Å². The molecule has 0 aromatic carbocycles. The Morgan fingerprint density at radius 3 is 2.80 bits per heavy atom. The third-order valence-corrected chi connectivity index (χ3v) is 2.79. The van der Waals surface area contributed by atoms with Gasteiger partial charge in [0, 0.05) is 12.5 Å². The van der Waals surface area contributed by atoms with E-state index in [1.165, 1.54) is 0 Å². The first-order valence-corrected chi connectivity index (χ1v) is 5.20. The number of carboxylic acid groups (broad SMARTS) is 1. The van der Waals surface area contributed by atoms with Crippen molar-refractivity contribution in [3.63, 3.8) is 0 Å². The fourth-order valence-electron chi connectivity index (χ4n) is 1.99. The largest absolute Gasteiger partial charge is 0.481 e. The van der Waals surface area contributed by atoms with Crippen LogP contribution in [0.5, 0.6) is 0 Å². The molecule has 0 aromatic rings. The number of carboxylic acids is 1. The number of hydrogen-bond acceptors (Lipinski definition) is 4. The smallest absolute Gasteiger partial charge is 0.305 e. The quantitative estimate of drug-likeness (QED) is 0.671. The number of ketones is 1. The van der Waals surface area contributed by atoms with Gasteiger partial charge in [-0.25, -0.2) is 0 Å². The van der Waals surface area contributed by atoms with Crippen LogP contribution in [0.15, 0.2) is 0 Å². The summed E-state index contributed by atoms with van der Waals surface area (Å²) in [6.07, 6.45) is 1.54. The molecule has 0 aromatic heterocycles. The van der Waals surface area contributed by atoms with Crippen LogP contribution < -0.4 is 5.73 Å². The Morgan fingerprint density at radius 1 is 1.60 bits per heavy atom. The number of nitrogens with zero attached hydrogens (tertiary/aromatic N) is 1. The van der Waals surface area contributed by atoms with Crippen LogP contribution in [0.2, 0.25) is 0 Å². The van der Waals surface area contributed by atoms with E-state index < -0.39 is 12.0 Å². The first kappa shape index (κ1) is 12.1.